The lowest BCUT2D eigenvalue weighted by Gasteiger charge is -2.21. The molecular formula is C15H29N3O. The van der Waals surface area contributed by atoms with E-state index >= 15 is 0 Å². The van der Waals surface area contributed by atoms with Gasteiger partial charge in [0.25, 0.3) is 0 Å². The Labute approximate surface area is 117 Å². The van der Waals surface area contributed by atoms with Gasteiger partial charge in [-0.1, -0.05) is 12.2 Å². The van der Waals surface area contributed by atoms with E-state index in [4.69, 9.17) is 0 Å². The molecule has 1 aliphatic carbocycles. The molecule has 2 amide bonds. The number of hydrogen-bond donors (Lipinski definition) is 2. The van der Waals surface area contributed by atoms with Crippen molar-refractivity contribution in [3.63, 3.8) is 0 Å². The molecule has 4 heteroatoms. The Hall–Kier alpha value is -1.03. The van der Waals surface area contributed by atoms with Crippen LogP contribution in [0.4, 0.5) is 4.79 Å². The van der Waals surface area contributed by atoms with Crippen molar-refractivity contribution >= 4 is 6.03 Å². The minimum absolute atomic E-state index is 0.0336. The van der Waals surface area contributed by atoms with Crippen molar-refractivity contribution in [3.05, 3.63) is 12.2 Å². The summed E-state index contributed by atoms with van der Waals surface area (Å²) in [4.78, 5) is 14.0. The van der Waals surface area contributed by atoms with Gasteiger partial charge in [-0.25, -0.2) is 4.79 Å². The van der Waals surface area contributed by atoms with Gasteiger partial charge >= 0.3 is 6.03 Å². The van der Waals surface area contributed by atoms with Crippen LogP contribution in [0.25, 0.3) is 0 Å². The van der Waals surface area contributed by atoms with Crippen LogP contribution in [0.5, 0.6) is 0 Å². The number of unbranched alkanes of at least 4 members (excludes halogenated alkanes) is 1. The summed E-state index contributed by atoms with van der Waals surface area (Å²) < 4.78 is 0. The highest BCUT2D eigenvalue weighted by Gasteiger charge is 2.10. The first-order valence-corrected chi connectivity index (χ1v) is 7.51. The Balaban J connectivity index is 2.01. The number of amides is 2. The number of carbonyl (C=O) groups is 1. The fraction of sp³-hybridized carbons (Fsp3) is 0.800. The predicted octanol–water partition coefficient (Wildman–Crippen LogP) is 2.51. The predicted molar refractivity (Wildman–Crippen MR) is 80.3 cm³/mol. The third kappa shape index (κ3) is 7.21. The van der Waals surface area contributed by atoms with E-state index in [9.17, 15) is 4.79 Å². The molecule has 0 saturated heterocycles. The fourth-order valence-corrected chi connectivity index (χ4v) is 2.10. The second kappa shape index (κ2) is 8.97. The largest absolute Gasteiger partial charge is 0.338 e. The zero-order chi connectivity index (χ0) is 14.1. The van der Waals surface area contributed by atoms with Crippen LogP contribution in [0.3, 0.4) is 0 Å². The zero-order valence-electron chi connectivity index (χ0n) is 12.6. The Morgan fingerprint density at radius 2 is 2.21 bits per heavy atom. The van der Waals surface area contributed by atoms with E-state index in [0.717, 1.165) is 38.8 Å². The molecule has 19 heavy (non-hydrogen) atoms. The average Bonchev–Trinajstić information content (AvgIpc) is 2.39. The third-order valence-electron chi connectivity index (χ3n) is 3.68. The lowest BCUT2D eigenvalue weighted by molar-refractivity contribution is 0.236. The smallest absolute Gasteiger partial charge is 0.315 e. The number of nitrogens with zero attached hydrogens (tertiary/aromatic N) is 1. The maximum absolute atomic E-state index is 11.6. The summed E-state index contributed by atoms with van der Waals surface area (Å²) in [5.41, 5.74) is 0. The summed E-state index contributed by atoms with van der Waals surface area (Å²) in [7, 11) is 2.14. The van der Waals surface area contributed by atoms with Gasteiger partial charge in [0.1, 0.15) is 0 Å². The summed E-state index contributed by atoms with van der Waals surface area (Å²) in [6.45, 7) is 6.24. The van der Waals surface area contributed by atoms with Gasteiger partial charge in [-0.2, -0.15) is 0 Å². The van der Waals surface area contributed by atoms with Crippen LogP contribution in [0, 0.1) is 0 Å². The molecule has 0 aromatic heterocycles. The molecule has 4 nitrogen and oxygen atoms in total. The zero-order valence-corrected chi connectivity index (χ0v) is 12.6. The number of hydrogen-bond acceptors (Lipinski definition) is 2. The molecule has 0 aromatic rings. The van der Waals surface area contributed by atoms with Crippen molar-refractivity contribution in [1.29, 1.82) is 0 Å². The lowest BCUT2D eigenvalue weighted by Crippen LogP contribution is -2.42. The number of urea groups is 1. The summed E-state index contributed by atoms with van der Waals surface area (Å²) in [5.74, 6) is 0. The maximum Gasteiger partial charge on any atom is 0.315 e. The van der Waals surface area contributed by atoms with Gasteiger partial charge in [-0.15, -0.1) is 0 Å². The van der Waals surface area contributed by atoms with Crippen LogP contribution in [0.2, 0.25) is 0 Å². The van der Waals surface area contributed by atoms with E-state index in [2.05, 4.69) is 48.6 Å². The molecule has 110 valence electrons. The molecule has 1 atom stereocenters. The molecule has 0 heterocycles. The van der Waals surface area contributed by atoms with Crippen molar-refractivity contribution in [1.82, 2.24) is 15.5 Å². The molecule has 0 unspecified atom stereocenters. The van der Waals surface area contributed by atoms with Gasteiger partial charge in [0, 0.05) is 18.6 Å². The van der Waals surface area contributed by atoms with Gasteiger partial charge in [-0.05, 0) is 59.5 Å². The standard InChI is InChI=1S/C15H29N3O/c1-13(2)18(3)12-8-7-11-16-15(19)17-14-9-5-4-6-10-14/h5,9,13-14H,4,6-8,10-12H2,1-3H3,(H2,16,17,19)/t14-/m1/s1. The molecule has 2 N–H and O–H groups in total. The molecular weight excluding hydrogens is 238 g/mol. The van der Waals surface area contributed by atoms with Crippen molar-refractivity contribution in [2.45, 2.75) is 58.0 Å². The lowest BCUT2D eigenvalue weighted by atomic mass is 10.0. The van der Waals surface area contributed by atoms with Gasteiger partial charge in [0.15, 0.2) is 0 Å². The monoisotopic (exact) mass is 267 g/mol. The summed E-state index contributed by atoms with van der Waals surface area (Å²) >= 11 is 0. The normalized spacial score (nSPS) is 18.9. The summed E-state index contributed by atoms with van der Waals surface area (Å²) in [5, 5.41) is 5.92. The van der Waals surface area contributed by atoms with Gasteiger partial charge in [0.05, 0.1) is 0 Å². The Bertz CT molecular complexity index is 289. The highest BCUT2D eigenvalue weighted by molar-refractivity contribution is 5.74. The number of carbonyl (C=O) groups excluding carboxylic acids is 1. The number of nitrogens with one attached hydrogen (secondary N) is 2. The molecule has 0 fully saturated rings. The van der Waals surface area contributed by atoms with Crippen LogP contribution >= 0.6 is 0 Å². The van der Waals surface area contributed by atoms with E-state index in [0.29, 0.717) is 6.04 Å². The van der Waals surface area contributed by atoms with Crippen LogP contribution in [-0.4, -0.2) is 43.2 Å². The highest BCUT2D eigenvalue weighted by atomic mass is 16.2. The van der Waals surface area contributed by atoms with E-state index in [1.165, 1.54) is 6.42 Å². The molecule has 0 bridgehead atoms. The Morgan fingerprint density at radius 1 is 1.42 bits per heavy atom. The molecule has 0 radical (unpaired) electrons. The van der Waals surface area contributed by atoms with Crippen LogP contribution < -0.4 is 10.6 Å². The minimum Gasteiger partial charge on any atom is -0.338 e. The van der Waals surface area contributed by atoms with Crippen molar-refractivity contribution in [2.75, 3.05) is 20.1 Å². The third-order valence-corrected chi connectivity index (χ3v) is 3.68. The highest BCUT2D eigenvalue weighted by Crippen LogP contribution is 2.09. The second-order valence-electron chi connectivity index (χ2n) is 5.65. The SMILES string of the molecule is CC(C)N(C)CCCCNC(=O)N[C@@H]1C=CCCC1. The topological polar surface area (TPSA) is 44.4 Å². The van der Waals surface area contributed by atoms with Gasteiger partial charge in [-0.3, -0.25) is 0 Å². The average molecular weight is 267 g/mol. The minimum atomic E-state index is -0.0336. The molecule has 0 spiro atoms. The molecule has 1 aliphatic rings. The van der Waals surface area contributed by atoms with Crippen molar-refractivity contribution in [3.8, 4) is 0 Å². The first-order chi connectivity index (χ1) is 9.09. The first-order valence-electron chi connectivity index (χ1n) is 7.51. The van der Waals surface area contributed by atoms with Crippen molar-refractivity contribution in [2.24, 2.45) is 0 Å². The van der Waals surface area contributed by atoms with E-state index in [1.807, 2.05) is 0 Å². The summed E-state index contributed by atoms with van der Waals surface area (Å²) in [6, 6.07) is 0.781. The van der Waals surface area contributed by atoms with Gasteiger partial charge in [0.2, 0.25) is 0 Å². The Kier molecular flexibility index (Phi) is 7.56. The van der Waals surface area contributed by atoms with E-state index in [-0.39, 0.29) is 12.1 Å². The maximum atomic E-state index is 11.6. The van der Waals surface area contributed by atoms with Gasteiger partial charge < -0.3 is 15.5 Å². The van der Waals surface area contributed by atoms with E-state index in [1.54, 1.807) is 0 Å². The van der Waals surface area contributed by atoms with E-state index < -0.39 is 0 Å². The number of rotatable bonds is 7. The molecule has 1 rings (SSSR count). The van der Waals surface area contributed by atoms with Crippen LogP contribution in [0.1, 0.15) is 46.0 Å². The number of allylic oxidation sites excluding steroid dienone is 1. The molecule has 0 aliphatic heterocycles. The van der Waals surface area contributed by atoms with Crippen LogP contribution in [-0.2, 0) is 0 Å². The van der Waals surface area contributed by atoms with Crippen molar-refractivity contribution < 1.29 is 4.79 Å². The quantitative estimate of drug-likeness (QED) is 0.550. The molecule has 0 aromatic carbocycles. The molecule has 0 saturated carbocycles. The van der Waals surface area contributed by atoms with Crippen LogP contribution in [0.15, 0.2) is 12.2 Å². The second-order valence-corrected chi connectivity index (χ2v) is 5.65. The first kappa shape index (κ1) is 16.0. The fourth-order valence-electron chi connectivity index (χ4n) is 2.10. The Morgan fingerprint density at radius 3 is 2.84 bits per heavy atom. The summed E-state index contributed by atoms with van der Waals surface area (Å²) in [6.07, 6.45) is 9.77.